The molecule has 0 bridgehead atoms. The van der Waals surface area contributed by atoms with Gasteiger partial charge in [-0.05, 0) is 54.8 Å². The van der Waals surface area contributed by atoms with Gasteiger partial charge in [0.2, 0.25) is 0 Å². The fraction of sp³-hybridized carbons (Fsp3) is 0.316. The Hall–Kier alpha value is -1.65. The lowest BCUT2D eigenvalue weighted by atomic mass is 10.1. The number of amides is 1. The van der Waals surface area contributed by atoms with E-state index in [0.717, 1.165) is 27.8 Å². The highest BCUT2D eigenvalue weighted by atomic mass is 35.5. The lowest BCUT2D eigenvalue weighted by Crippen LogP contribution is -2.30. The maximum Gasteiger partial charge on any atom is 0.257 e. The van der Waals surface area contributed by atoms with Gasteiger partial charge in [-0.25, -0.2) is 0 Å². The number of carbonyl (C=O) groups is 1. The molecule has 0 spiro atoms. The van der Waals surface area contributed by atoms with Gasteiger partial charge in [-0.2, -0.15) is 11.8 Å². The first kappa shape index (κ1) is 18.7. The van der Waals surface area contributed by atoms with Crippen LogP contribution in [0.5, 0.6) is 5.75 Å². The number of thioether (sulfide) groups is 1. The average Bonchev–Trinajstić information content (AvgIpc) is 2.56. The molecule has 0 heterocycles. The van der Waals surface area contributed by atoms with Crippen molar-refractivity contribution >= 4 is 29.3 Å². The van der Waals surface area contributed by atoms with Crippen LogP contribution in [0.2, 0.25) is 5.02 Å². The summed E-state index contributed by atoms with van der Waals surface area (Å²) in [7, 11) is 0. The van der Waals surface area contributed by atoms with E-state index in [9.17, 15) is 4.79 Å². The van der Waals surface area contributed by atoms with E-state index in [4.69, 9.17) is 16.3 Å². The molecule has 2 aromatic carbocycles. The van der Waals surface area contributed by atoms with E-state index in [0.29, 0.717) is 6.54 Å². The number of carbonyl (C=O) groups excluding carboxylic acids is 1. The highest BCUT2D eigenvalue weighted by Gasteiger charge is 2.03. The molecule has 5 heteroatoms. The molecule has 0 saturated heterocycles. The molecule has 2 aromatic rings. The monoisotopic (exact) mass is 363 g/mol. The van der Waals surface area contributed by atoms with Crippen molar-refractivity contribution in [3.05, 3.63) is 64.2 Å². The van der Waals surface area contributed by atoms with Crippen LogP contribution in [0.4, 0.5) is 0 Å². The van der Waals surface area contributed by atoms with Gasteiger partial charge in [0.1, 0.15) is 5.75 Å². The summed E-state index contributed by atoms with van der Waals surface area (Å²) in [5, 5.41) is 3.62. The van der Waals surface area contributed by atoms with Crippen LogP contribution in [0.25, 0.3) is 0 Å². The number of rotatable bonds is 8. The summed E-state index contributed by atoms with van der Waals surface area (Å²) in [5.41, 5.74) is 3.56. The van der Waals surface area contributed by atoms with E-state index < -0.39 is 0 Å². The molecule has 0 aliphatic rings. The molecular formula is C19H22ClNO2S. The van der Waals surface area contributed by atoms with Gasteiger partial charge in [-0.1, -0.05) is 29.8 Å². The first-order valence-electron chi connectivity index (χ1n) is 7.83. The summed E-state index contributed by atoms with van der Waals surface area (Å²) in [6, 6.07) is 13.7. The number of halogens is 1. The van der Waals surface area contributed by atoms with E-state index in [2.05, 4.69) is 11.4 Å². The second-order valence-corrected chi connectivity index (χ2v) is 7.11. The maximum absolute atomic E-state index is 11.8. The molecule has 128 valence electrons. The third kappa shape index (κ3) is 6.46. The minimum Gasteiger partial charge on any atom is -0.484 e. The molecule has 0 unspecified atom stereocenters. The number of hydrogen-bond acceptors (Lipinski definition) is 3. The normalized spacial score (nSPS) is 10.5. The van der Waals surface area contributed by atoms with Gasteiger partial charge < -0.3 is 10.1 Å². The number of benzene rings is 2. The summed E-state index contributed by atoms with van der Waals surface area (Å²) in [5.74, 6) is 2.36. The maximum atomic E-state index is 11.8. The number of ether oxygens (including phenoxy) is 1. The summed E-state index contributed by atoms with van der Waals surface area (Å²) in [6.07, 6.45) is 0. The quantitative estimate of drug-likeness (QED) is 0.707. The summed E-state index contributed by atoms with van der Waals surface area (Å²) in [4.78, 5) is 11.8. The summed E-state index contributed by atoms with van der Waals surface area (Å²) in [6.45, 7) is 4.74. The third-order valence-electron chi connectivity index (χ3n) is 3.57. The summed E-state index contributed by atoms with van der Waals surface area (Å²) >= 11 is 7.71. The van der Waals surface area contributed by atoms with Gasteiger partial charge in [0.15, 0.2) is 6.61 Å². The molecule has 0 radical (unpaired) electrons. The topological polar surface area (TPSA) is 38.3 Å². The van der Waals surface area contributed by atoms with E-state index in [-0.39, 0.29) is 12.5 Å². The van der Waals surface area contributed by atoms with Crippen LogP contribution in [0.15, 0.2) is 42.5 Å². The molecule has 2 rings (SSSR count). The van der Waals surface area contributed by atoms with Crippen LogP contribution >= 0.6 is 23.4 Å². The van der Waals surface area contributed by atoms with Crippen molar-refractivity contribution in [2.24, 2.45) is 0 Å². The second kappa shape index (κ2) is 9.60. The van der Waals surface area contributed by atoms with Crippen LogP contribution in [-0.2, 0) is 10.5 Å². The molecule has 0 aliphatic heterocycles. The SMILES string of the molecule is Cc1ccc(OCC(=O)NCCSCc2cccc(Cl)c2)cc1C. The number of aryl methyl sites for hydroxylation is 2. The van der Waals surface area contributed by atoms with Gasteiger partial charge in [0, 0.05) is 23.1 Å². The zero-order valence-corrected chi connectivity index (χ0v) is 15.5. The predicted molar refractivity (Wildman–Crippen MR) is 102 cm³/mol. The number of nitrogens with one attached hydrogen (secondary N) is 1. The van der Waals surface area contributed by atoms with Crippen molar-refractivity contribution in [3.8, 4) is 5.75 Å². The van der Waals surface area contributed by atoms with Gasteiger partial charge in [-0.15, -0.1) is 0 Å². The van der Waals surface area contributed by atoms with Crippen molar-refractivity contribution in [2.45, 2.75) is 19.6 Å². The van der Waals surface area contributed by atoms with E-state index in [1.165, 1.54) is 11.1 Å². The van der Waals surface area contributed by atoms with E-state index in [1.807, 2.05) is 50.2 Å². The Morgan fingerprint density at radius 2 is 2.00 bits per heavy atom. The van der Waals surface area contributed by atoms with E-state index >= 15 is 0 Å². The molecule has 0 fully saturated rings. The summed E-state index contributed by atoms with van der Waals surface area (Å²) < 4.78 is 5.51. The minimum absolute atomic E-state index is 0.0431. The van der Waals surface area contributed by atoms with Crippen LogP contribution in [-0.4, -0.2) is 24.8 Å². The number of hydrogen-bond donors (Lipinski definition) is 1. The van der Waals surface area contributed by atoms with Crippen molar-refractivity contribution < 1.29 is 9.53 Å². The van der Waals surface area contributed by atoms with Crippen LogP contribution < -0.4 is 10.1 Å². The lowest BCUT2D eigenvalue weighted by Gasteiger charge is -2.09. The molecule has 3 nitrogen and oxygen atoms in total. The first-order chi connectivity index (χ1) is 11.5. The van der Waals surface area contributed by atoms with Crippen molar-refractivity contribution in [2.75, 3.05) is 18.9 Å². The van der Waals surface area contributed by atoms with Crippen LogP contribution in [0, 0.1) is 13.8 Å². The fourth-order valence-corrected chi connectivity index (χ4v) is 3.10. The zero-order chi connectivity index (χ0) is 17.4. The Balaban J connectivity index is 1.60. The van der Waals surface area contributed by atoms with Crippen LogP contribution in [0.3, 0.4) is 0 Å². The Labute approximate surface area is 152 Å². The Bertz CT molecular complexity index is 691. The van der Waals surface area contributed by atoms with Gasteiger partial charge >= 0.3 is 0 Å². The Morgan fingerprint density at radius 3 is 2.75 bits per heavy atom. The largest absolute Gasteiger partial charge is 0.484 e. The van der Waals surface area contributed by atoms with Gasteiger partial charge in [-0.3, -0.25) is 4.79 Å². The molecule has 0 saturated carbocycles. The van der Waals surface area contributed by atoms with Crippen molar-refractivity contribution in [3.63, 3.8) is 0 Å². The third-order valence-corrected chi connectivity index (χ3v) is 4.84. The average molecular weight is 364 g/mol. The lowest BCUT2D eigenvalue weighted by molar-refractivity contribution is -0.122. The van der Waals surface area contributed by atoms with E-state index in [1.54, 1.807) is 11.8 Å². The fourth-order valence-electron chi connectivity index (χ4n) is 2.08. The smallest absolute Gasteiger partial charge is 0.257 e. The second-order valence-electron chi connectivity index (χ2n) is 5.57. The Morgan fingerprint density at radius 1 is 1.17 bits per heavy atom. The van der Waals surface area contributed by atoms with Crippen molar-refractivity contribution in [1.29, 1.82) is 0 Å². The molecular weight excluding hydrogens is 342 g/mol. The molecule has 0 aliphatic carbocycles. The zero-order valence-electron chi connectivity index (χ0n) is 14.0. The molecule has 1 N–H and O–H groups in total. The highest BCUT2D eigenvalue weighted by Crippen LogP contribution is 2.17. The van der Waals surface area contributed by atoms with Gasteiger partial charge in [0.05, 0.1) is 0 Å². The standard InChI is InChI=1S/C19H22ClNO2S/c1-14-6-7-18(10-15(14)2)23-12-19(22)21-8-9-24-13-16-4-3-5-17(20)11-16/h3-7,10-11H,8-9,12-13H2,1-2H3,(H,21,22). The molecule has 0 atom stereocenters. The Kier molecular flexibility index (Phi) is 7.47. The molecule has 0 aromatic heterocycles. The highest BCUT2D eigenvalue weighted by molar-refractivity contribution is 7.98. The van der Waals surface area contributed by atoms with Crippen molar-refractivity contribution in [1.82, 2.24) is 5.32 Å². The predicted octanol–water partition coefficient (Wildman–Crippen LogP) is 4.39. The minimum atomic E-state index is -0.100. The molecule has 24 heavy (non-hydrogen) atoms. The first-order valence-corrected chi connectivity index (χ1v) is 9.37. The molecule has 1 amide bonds. The van der Waals surface area contributed by atoms with Gasteiger partial charge in [0.25, 0.3) is 5.91 Å². The van der Waals surface area contributed by atoms with Crippen LogP contribution in [0.1, 0.15) is 16.7 Å².